The van der Waals surface area contributed by atoms with Crippen molar-refractivity contribution >= 4 is 42.5 Å². The van der Waals surface area contributed by atoms with E-state index in [-0.39, 0.29) is 24.8 Å². The zero-order valence-corrected chi connectivity index (χ0v) is 23.7. The van der Waals surface area contributed by atoms with Gasteiger partial charge in [0.05, 0.1) is 5.69 Å². The van der Waals surface area contributed by atoms with Gasteiger partial charge in [0.15, 0.2) is 0 Å². The van der Waals surface area contributed by atoms with Gasteiger partial charge in [-0.1, -0.05) is 73.7 Å². The maximum atomic E-state index is 13.5. The number of amides is 1. The third-order valence-electron chi connectivity index (χ3n) is 7.15. The monoisotopic (exact) mass is 562 g/mol. The number of aryl methyl sites for hydroxylation is 1. The Kier molecular flexibility index (Phi) is 11.8. The van der Waals surface area contributed by atoms with Crippen molar-refractivity contribution < 1.29 is 19.8 Å². The summed E-state index contributed by atoms with van der Waals surface area (Å²) >= 11 is 1.54. The predicted octanol–water partition coefficient (Wildman–Crippen LogP) is 5.58. The molecule has 0 bridgehead atoms. The number of aliphatic hydroxyl groups is 1. The van der Waals surface area contributed by atoms with Crippen LogP contribution < -0.4 is 5.32 Å². The van der Waals surface area contributed by atoms with Crippen molar-refractivity contribution in [3.8, 4) is 11.1 Å². The number of hydrogen-bond donors (Lipinski definition) is 3. The standard InChI is InChI=1S/C33H34N2O4S.Li.H/c1-21-10-7-8-13-25(21)28-20-24(15-16-27(28)32(37)35-29(33(38)39)17-19-40-3)22(2)26-14-9-18-34-30(26)31(36)23-11-5-4-6-12-23;;/h4-16,18,20,22,29,31,36H,17,19H2,1-3H3,(H,35,37)(H,38,39);;. The second-order valence-corrected chi connectivity index (χ2v) is 10.8. The van der Waals surface area contributed by atoms with Crippen LogP contribution in [0, 0.1) is 6.92 Å². The number of hydrogen-bond acceptors (Lipinski definition) is 5. The van der Waals surface area contributed by atoms with E-state index in [1.165, 1.54) is 11.8 Å². The summed E-state index contributed by atoms with van der Waals surface area (Å²) in [6.07, 6.45) is 3.04. The van der Waals surface area contributed by atoms with Crippen LogP contribution in [0.3, 0.4) is 0 Å². The van der Waals surface area contributed by atoms with Gasteiger partial charge in [0.2, 0.25) is 0 Å². The van der Waals surface area contributed by atoms with E-state index in [0.29, 0.717) is 23.4 Å². The first kappa shape index (κ1) is 32.2. The molecule has 0 spiro atoms. The molecular weight excluding hydrogens is 527 g/mol. The third-order valence-corrected chi connectivity index (χ3v) is 7.79. The van der Waals surface area contributed by atoms with Crippen LogP contribution in [-0.2, 0) is 4.79 Å². The van der Waals surface area contributed by atoms with Crippen LogP contribution >= 0.6 is 11.8 Å². The Morgan fingerprint density at radius 3 is 2.32 bits per heavy atom. The zero-order chi connectivity index (χ0) is 28.6. The Balaban J connectivity index is 0.00000462. The van der Waals surface area contributed by atoms with Crippen LogP contribution in [0.5, 0.6) is 0 Å². The Hall–Kier alpha value is -3.34. The van der Waals surface area contributed by atoms with Crippen LogP contribution in [0.1, 0.15) is 63.7 Å². The number of pyridine rings is 1. The van der Waals surface area contributed by atoms with Gasteiger partial charge < -0.3 is 15.5 Å². The van der Waals surface area contributed by atoms with Gasteiger partial charge in [0, 0.05) is 17.7 Å². The number of carbonyl (C=O) groups is 2. The Morgan fingerprint density at radius 1 is 0.927 bits per heavy atom. The van der Waals surface area contributed by atoms with Crippen LogP contribution in [0.25, 0.3) is 11.1 Å². The number of aliphatic hydroxyl groups excluding tert-OH is 1. The fourth-order valence-corrected chi connectivity index (χ4v) is 5.32. The van der Waals surface area contributed by atoms with E-state index < -0.39 is 24.0 Å². The van der Waals surface area contributed by atoms with Crippen molar-refractivity contribution in [3.63, 3.8) is 0 Å². The van der Waals surface area contributed by atoms with Crippen LogP contribution in [-0.4, -0.2) is 64.0 Å². The van der Waals surface area contributed by atoms with Crippen LogP contribution in [0.2, 0.25) is 0 Å². The SMILES string of the molecule is CSCCC(NC(=O)c1ccc(C(C)c2cccnc2C(O)c2ccccc2)cc1-c1ccccc1C)C(=O)O.[LiH]. The van der Waals surface area contributed by atoms with Gasteiger partial charge >= 0.3 is 24.8 Å². The van der Waals surface area contributed by atoms with E-state index >= 15 is 0 Å². The van der Waals surface area contributed by atoms with E-state index in [4.69, 9.17) is 0 Å². The molecule has 1 aromatic heterocycles. The summed E-state index contributed by atoms with van der Waals surface area (Å²) in [6.45, 7) is 4.04. The average Bonchev–Trinajstić information content (AvgIpc) is 2.98. The molecule has 0 aliphatic rings. The van der Waals surface area contributed by atoms with Crippen molar-refractivity contribution in [1.82, 2.24) is 10.3 Å². The molecule has 0 fully saturated rings. The first-order valence-corrected chi connectivity index (χ1v) is 14.6. The minimum atomic E-state index is -1.05. The van der Waals surface area contributed by atoms with Crippen LogP contribution in [0.4, 0.5) is 0 Å². The fourth-order valence-electron chi connectivity index (χ4n) is 4.85. The summed E-state index contributed by atoms with van der Waals surface area (Å²) < 4.78 is 0. The summed E-state index contributed by atoms with van der Waals surface area (Å²) in [5.74, 6) is -0.991. The number of aliphatic carboxylic acids is 1. The second-order valence-electron chi connectivity index (χ2n) is 9.78. The number of benzene rings is 3. The average molecular weight is 563 g/mol. The molecular formula is C33H35LiN2O4S. The summed E-state index contributed by atoms with van der Waals surface area (Å²) in [5, 5.41) is 23.6. The maximum absolute atomic E-state index is 13.5. The number of nitrogens with zero attached hydrogens (tertiary/aromatic N) is 1. The first-order valence-electron chi connectivity index (χ1n) is 13.2. The molecule has 0 aliphatic carbocycles. The molecule has 3 N–H and O–H groups in total. The van der Waals surface area contributed by atoms with Gasteiger partial charge in [0.25, 0.3) is 5.91 Å². The number of rotatable bonds is 11. The normalized spacial score (nSPS) is 13.0. The zero-order valence-electron chi connectivity index (χ0n) is 22.9. The summed E-state index contributed by atoms with van der Waals surface area (Å²) in [6, 6.07) is 25.8. The predicted molar refractivity (Wildman–Crippen MR) is 168 cm³/mol. The van der Waals surface area contributed by atoms with Gasteiger partial charge in [0.1, 0.15) is 12.1 Å². The fraction of sp³-hybridized carbons (Fsp3) is 0.242. The Bertz CT molecular complexity index is 1480. The number of aromatic nitrogens is 1. The Morgan fingerprint density at radius 2 is 1.63 bits per heavy atom. The molecule has 6 nitrogen and oxygen atoms in total. The first-order chi connectivity index (χ1) is 19.3. The van der Waals surface area contributed by atoms with Gasteiger partial charge in [-0.15, -0.1) is 0 Å². The molecule has 0 saturated heterocycles. The summed E-state index contributed by atoms with van der Waals surface area (Å²) in [4.78, 5) is 29.8. The number of thioether (sulfide) groups is 1. The molecule has 4 aromatic rings. The number of carboxylic acid groups (broad SMARTS) is 1. The summed E-state index contributed by atoms with van der Waals surface area (Å²) in [7, 11) is 0. The van der Waals surface area contributed by atoms with E-state index in [1.807, 2.05) is 92.0 Å². The number of carboxylic acids is 1. The van der Waals surface area contributed by atoms with Crippen LogP contribution in [0.15, 0.2) is 91.1 Å². The van der Waals surface area contributed by atoms with Crippen molar-refractivity contribution in [2.45, 2.75) is 38.3 Å². The molecule has 1 amide bonds. The van der Waals surface area contributed by atoms with Gasteiger partial charge in [-0.05, 0) is 76.9 Å². The molecule has 1 heterocycles. The molecule has 0 saturated carbocycles. The van der Waals surface area contributed by atoms with Crippen molar-refractivity contribution in [1.29, 1.82) is 0 Å². The molecule has 3 unspecified atom stereocenters. The summed E-state index contributed by atoms with van der Waals surface area (Å²) in [5.41, 5.74) is 6.21. The van der Waals surface area contributed by atoms with Crippen molar-refractivity contribution in [3.05, 3.63) is 125 Å². The van der Waals surface area contributed by atoms with Gasteiger partial charge in [-0.25, -0.2) is 4.79 Å². The topological polar surface area (TPSA) is 99.5 Å². The number of nitrogens with one attached hydrogen (secondary N) is 1. The molecule has 41 heavy (non-hydrogen) atoms. The molecule has 8 heteroatoms. The third kappa shape index (κ3) is 7.69. The van der Waals surface area contributed by atoms with E-state index in [9.17, 15) is 19.8 Å². The Labute approximate surface area is 257 Å². The quantitative estimate of drug-likeness (QED) is 0.207. The van der Waals surface area contributed by atoms with Gasteiger partial charge in [-0.2, -0.15) is 11.8 Å². The second kappa shape index (κ2) is 15.0. The van der Waals surface area contributed by atoms with E-state index in [2.05, 4.69) is 17.2 Å². The number of carbonyl (C=O) groups excluding carboxylic acids is 1. The van der Waals surface area contributed by atoms with Crippen molar-refractivity contribution in [2.24, 2.45) is 0 Å². The molecule has 4 rings (SSSR count). The molecule has 0 aliphatic heterocycles. The van der Waals surface area contributed by atoms with E-state index in [1.54, 1.807) is 12.3 Å². The minimum absolute atomic E-state index is 0. The molecule has 3 aromatic carbocycles. The molecule has 0 radical (unpaired) electrons. The molecule has 208 valence electrons. The van der Waals surface area contributed by atoms with Gasteiger partial charge in [-0.3, -0.25) is 9.78 Å². The van der Waals surface area contributed by atoms with Crippen molar-refractivity contribution in [2.75, 3.05) is 12.0 Å². The van der Waals surface area contributed by atoms with E-state index in [0.717, 1.165) is 33.4 Å². The molecule has 3 atom stereocenters.